The normalized spacial score (nSPS) is 12.0. The summed E-state index contributed by atoms with van der Waals surface area (Å²) in [7, 11) is 3.18. The zero-order valence-corrected chi connectivity index (χ0v) is 26.0. The molecule has 0 saturated carbocycles. The lowest BCUT2D eigenvalue weighted by molar-refractivity contribution is 0.0532. The molecule has 0 unspecified atom stereocenters. The number of hydrogen-bond acceptors (Lipinski definition) is 6. The molecule has 2 aromatic carbocycles. The molecule has 2 aromatic rings. The van der Waals surface area contributed by atoms with Gasteiger partial charge in [0.05, 0.1) is 25.3 Å². The van der Waals surface area contributed by atoms with E-state index in [0.717, 1.165) is 49.7 Å². The number of rotatable bonds is 17. The van der Waals surface area contributed by atoms with E-state index < -0.39 is 0 Å². The number of allylic oxidation sites excluding steroid dienone is 6. The lowest BCUT2D eigenvalue weighted by Gasteiger charge is -2.10. The van der Waals surface area contributed by atoms with Crippen LogP contribution in [-0.2, 0) is 9.47 Å². The second-order valence-corrected chi connectivity index (χ2v) is 10.5. The van der Waals surface area contributed by atoms with Crippen LogP contribution in [0.4, 0.5) is 0 Å². The molecule has 0 bridgehead atoms. The lowest BCUT2D eigenvalue weighted by Crippen LogP contribution is -2.08. The van der Waals surface area contributed by atoms with Crippen molar-refractivity contribution >= 4 is 11.9 Å². The maximum atomic E-state index is 12.6. The van der Waals surface area contributed by atoms with Gasteiger partial charge in [-0.1, -0.05) is 34.9 Å². The van der Waals surface area contributed by atoms with E-state index >= 15 is 0 Å². The predicted octanol–water partition coefficient (Wildman–Crippen LogP) is 8.84. The van der Waals surface area contributed by atoms with E-state index in [-0.39, 0.29) is 25.2 Å². The number of carbonyl (C=O) groups excluding carboxylic acids is 2. The van der Waals surface area contributed by atoms with Crippen molar-refractivity contribution in [2.45, 2.75) is 66.2 Å². The summed E-state index contributed by atoms with van der Waals surface area (Å²) in [5, 5.41) is 0. The molecule has 0 aliphatic rings. The second-order valence-electron chi connectivity index (χ2n) is 10.5. The van der Waals surface area contributed by atoms with Crippen LogP contribution in [0.1, 0.15) is 86.9 Å². The Kier molecular flexibility index (Phi) is 15.6. The highest BCUT2D eigenvalue weighted by Gasteiger charge is 2.09. The topological polar surface area (TPSA) is 71.1 Å². The van der Waals surface area contributed by atoms with Crippen molar-refractivity contribution < 1.29 is 28.5 Å². The fraction of sp³-hybridized carbons (Fsp3) is 0.389. The van der Waals surface area contributed by atoms with Crippen LogP contribution in [0.3, 0.4) is 0 Å². The van der Waals surface area contributed by atoms with Gasteiger partial charge in [0.1, 0.15) is 24.7 Å². The van der Waals surface area contributed by atoms with Crippen molar-refractivity contribution in [2.75, 3.05) is 27.4 Å². The van der Waals surface area contributed by atoms with E-state index in [1.807, 2.05) is 13.0 Å². The molecule has 0 aliphatic heterocycles. The molecule has 6 heteroatoms. The zero-order valence-electron chi connectivity index (χ0n) is 26.0. The summed E-state index contributed by atoms with van der Waals surface area (Å²) in [5.41, 5.74) is 5.90. The van der Waals surface area contributed by atoms with Crippen LogP contribution >= 0.6 is 0 Å². The van der Waals surface area contributed by atoms with E-state index in [2.05, 4.69) is 39.0 Å². The largest absolute Gasteiger partial charge is 0.497 e. The molecule has 0 heterocycles. The maximum absolute atomic E-state index is 12.6. The van der Waals surface area contributed by atoms with Gasteiger partial charge in [0, 0.05) is 0 Å². The summed E-state index contributed by atoms with van der Waals surface area (Å²) in [6, 6.07) is 13.8. The highest BCUT2D eigenvalue weighted by Crippen LogP contribution is 2.17. The number of benzene rings is 2. The SMILES string of the molecule is COc1ccc(C(=O)OCC=C(C)CCC=C(CCC=C(C)CCC=C(C)C)COC(=O)c2ccc(OC)cc2)cc1. The van der Waals surface area contributed by atoms with Gasteiger partial charge in [-0.15, -0.1) is 0 Å². The Labute approximate surface area is 251 Å². The van der Waals surface area contributed by atoms with Crippen LogP contribution in [0.5, 0.6) is 11.5 Å². The summed E-state index contributed by atoms with van der Waals surface area (Å²) in [5.74, 6) is 0.659. The standard InChI is InChI=1S/C36H46O6/c1-27(2)10-7-11-28(3)12-8-14-30(26-42-36(38)32-18-22-34(40-6)23-19-32)15-9-13-29(4)24-25-41-35(37)31-16-20-33(39-5)21-17-31/h10,12,15-24H,7-9,11,13-14,25-26H2,1-6H3. The molecule has 0 aliphatic carbocycles. The minimum absolute atomic E-state index is 0.212. The van der Waals surface area contributed by atoms with Crippen LogP contribution < -0.4 is 9.47 Å². The minimum atomic E-state index is -0.369. The number of esters is 2. The molecule has 0 fully saturated rings. The fourth-order valence-electron chi connectivity index (χ4n) is 4.07. The van der Waals surface area contributed by atoms with Gasteiger partial charge in [-0.2, -0.15) is 0 Å². The van der Waals surface area contributed by atoms with Crippen molar-refractivity contribution in [3.8, 4) is 11.5 Å². The van der Waals surface area contributed by atoms with Gasteiger partial charge in [-0.3, -0.25) is 0 Å². The highest BCUT2D eigenvalue weighted by atomic mass is 16.5. The molecule has 0 spiro atoms. The van der Waals surface area contributed by atoms with Crippen molar-refractivity contribution in [3.63, 3.8) is 0 Å². The van der Waals surface area contributed by atoms with Crippen LogP contribution in [-0.4, -0.2) is 39.4 Å². The molecule has 0 atom stereocenters. The number of methoxy groups -OCH3 is 2. The second kappa shape index (κ2) is 19.1. The molecule has 0 amide bonds. The van der Waals surface area contributed by atoms with E-state index in [1.54, 1.807) is 62.8 Å². The highest BCUT2D eigenvalue weighted by molar-refractivity contribution is 5.90. The molecule has 0 aromatic heterocycles. The quantitative estimate of drug-likeness (QED) is 0.139. The van der Waals surface area contributed by atoms with Gasteiger partial charge in [-0.25, -0.2) is 9.59 Å². The Bertz CT molecular complexity index is 1240. The molecule has 0 saturated heterocycles. The fourth-order valence-corrected chi connectivity index (χ4v) is 4.07. The Morgan fingerprint density at radius 2 is 1.07 bits per heavy atom. The molecular weight excluding hydrogens is 528 g/mol. The minimum Gasteiger partial charge on any atom is -0.497 e. The first-order valence-electron chi connectivity index (χ1n) is 14.5. The first-order chi connectivity index (χ1) is 20.2. The first-order valence-corrected chi connectivity index (χ1v) is 14.5. The van der Waals surface area contributed by atoms with Crippen LogP contribution in [0.2, 0.25) is 0 Å². The van der Waals surface area contributed by atoms with Gasteiger partial charge in [0.15, 0.2) is 0 Å². The average molecular weight is 575 g/mol. The predicted molar refractivity (Wildman–Crippen MR) is 169 cm³/mol. The van der Waals surface area contributed by atoms with E-state index in [4.69, 9.17) is 18.9 Å². The molecule has 2 rings (SSSR count). The molecule has 42 heavy (non-hydrogen) atoms. The number of hydrogen-bond donors (Lipinski definition) is 0. The first kappa shape index (κ1) is 34.1. The monoisotopic (exact) mass is 574 g/mol. The molecule has 226 valence electrons. The van der Waals surface area contributed by atoms with Gasteiger partial charge in [0.25, 0.3) is 0 Å². The molecule has 0 N–H and O–H groups in total. The Morgan fingerprint density at radius 1 is 0.595 bits per heavy atom. The van der Waals surface area contributed by atoms with Crippen LogP contribution in [0, 0.1) is 0 Å². The molecule has 0 radical (unpaired) electrons. The van der Waals surface area contributed by atoms with E-state index in [9.17, 15) is 9.59 Å². The number of carbonyl (C=O) groups is 2. The summed E-state index contributed by atoms with van der Waals surface area (Å²) in [4.78, 5) is 24.9. The van der Waals surface area contributed by atoms with Crippen molar-refractivity contribution in [2.24, 2.45) is 0 Å². The van der Waals surface area contributed by atoms with Crippen LogP contribution in [0.15, 0.2) is 95.1 Å². The average Bonchev–Trinajstić information content (AvgIpc) is 2.99. The third-order valence-electron chi connectivity index (χ3n) is 6.71. The Balaban J connectivity index is 1.93. The summed E-state index contributed by atoms with van der Waals surface area (Å²) in [6.45, 7) is 8.89. The summed E-state index contributed by atoms with van der Waals surface area (Å²) < 4.78 is 21.3. The third kappa shape index (κ3) is 13.5. The Hall–Kier alpha value is -4.06. The van der Waals surface area contributed by atoms with Crippen molar-refractivity contribution in [1.82, 2.24) is 0 Å². The zero-order chi connectivity index (χ0) is 30.7. The maximum Gasteiger partial charge on any atom is 0.338 e. The van der Waals surface area contributed by atoms with Gasteiger partial charge in [-0.05, 0) is 126 Å². The van der Waals surface area contributed by atoms with E-state index in [0.29, 0.717) is 22.6 Å². The molecule has 6 nitrogen and oxygen atoms in total. The summed E-state index contributed by atoms with van der Waals surface area (Å²) >= 11 is 0. The van der Waals surface area contributed by atoms with Crippen LogP contribution in [0.25, 0.3) is 0 Å². The van der Waals surface area contributed by atoms with E-state index in [1.165, 1.54) is 11.1 Å². The summed E-state index contributed by atoms with van der Waals surface area (Å²) in [6.07, 6.45) is 14.0. The van der Waals surface area contributed by atoms with Crippen molar-refractivity contribution in [1.29, 1.82) is 0 Å². The Morgan fingerprint density at radius 3 is 1.60 bits per heavy atom. The molecular formula is C36H46O6. The van der Waals surface area contributed by atoms with Gasteiger partial charge >= 0.3 is 11.9 Å². The number of ether oxygens (including phenoxy) is 4. The third-order valence-corrected chi connectivity index (χ3v) is 6.71. The smallest absolute Gasteiger partial charge is 0.338 e. The lowest BCUT2D eigenvalue weighted by atomic mass is 10.0. The van der Waals surface area contributed by atoms with Gasteiger partial charge < -0.3 is 18.9 Å². The van der Waals surface area contributed by atoms with Gasteiger partial charge in [0.2, 0.25) is 0 Å². The van der Waals surface area contributed by atoms with Crippen molar-refractivity contribution in [3.05, 3.63) is 106 Å².